The number of carbonyl (C=O) groups excluding carboxylic acids is 1. The van der Waals surface area contributed by atoms with Gasteiger partial charge in [0.1, 0.15) is 47.9 Å². The molecule has 8 N–H and O–H groups in total. The maximum Gasteiger partial charge on any atom is 1.00 e. The largest absolute Gasteiger partial charge is 1.00 e. The molecule has 10 atom stereocenters. The van der Waals surface area contributed by atoms with Crippen LogP contribution in [0.15, 0.2) is 37.2 Å². The molecule has 2 aliphatic rings. The molecule has 24 nitrogen and oxygen atoms in total. The number of amides is 1. The van der Waals surface area contributed by atoms with Crippen LogP contribution < -0.4 is 89.8 Å². The third-order valence-electron chi connectivity index (χ3n) is 6.96. The Hall–Kier alpha value is -0.860. The predicted molar refractivity (Wildman–Crippen MR) is 144 cm³/mol. The number of hydrogen-bond acceptors (Lipinski definition) is 20. The van der Waals surface area contributed by atoms with Gasteiger partial charge >= 0.3 is 66.9 Å². The van der Waals surface area contributed by atoms with E-state index in [-0.39, 0.29) is 81.7 Å². The van der Waals surface area contributed by atoms with E-state index >= 15 is 0 Å². The van der Waals surface area contributed by atoms with Crippen LogP contribution in [0.5, 0.6) is 0 Å². The molecule has 3 aromatic rings. The quantitative estimate of drug-likeness (QED) is 0.0532. The van der Waals surface area contributed by atoms with Crippen molar-refractivity contribution in [1.82, 2.24) is 19.5 Å². The van der Waals surface area contributed by atoms with E-state index in [1.165, 1.54) is 29.1 Å². The third kappa shape index (κ3) is 10.2. The average Bonchev–Trinajstić information content (AvgIpc) is 3.64. The normalized spacial score (nSPS) is 29.1. The summed E-state index contributed by atoms with van der Waals surface area (Å²) in [6.07, 6.45) is -9.05. The number of aromatic nitrogens is 5. The molecule has 2 aliphatic heterocycles. The van der Waals surface area contributed by atoms with Gasteiger partial charge in [-0.15, -0.1) is 0 Å². The molecule has 1 amide bonds. The van der Waals surface area contributed by atoms with E-state index in [0.29, 0.717) is 0 Å². The molecule has 2 saturated heterocycles. The number of imidazole rings is 1. The molecule has 264 valence electrons. The van der Waals surface area contributed by atoms with Crippen molar-refractivity contribution >= 4 is 46.4 Å². The number of ether oxygens (including phenoxy) is 2. The summed E-state index contributed by atoms with van der Waals surface area (Å²) in [5, 5.41) is 31.4. The zero-order chi connectivity index (χ0) is 35.2. The summed E-state index contributed by atoms with van der Waals surface area (Å²) in [5.41, 5.74) is 11.0. The van der Waals surface area contributed by atoms with Gasteiger partial charge in [-0.2, -0.15) is 4.57 Å². The number of aliphatic hydroxyl groups is 3. The van der Waals surface area contributed by atoms with Crippen molar-refractivity contribution < 1.29 is 144 Å². The number of nitrogens with two attached hydrogens (primary N) is 2. The van der Waals surface area contributed by atoms with Crippen LogP contribution in [0.1, 0.15) is 22.8 Å². The number of carbonyl (C=O) groups is 1. The number of primary amides is 1. The molecule has 0 bridgehead atoms. The molecular weight excluding hydrogens is 761 g/mol. The van der Waals surface area contributed by atoms with Crippen molar-refractivity contribution in [2.24, 2.45) is 5.73 Å². The SMILES string of the molecule is NC(=O)c1ccc[n+](C2OC(COP(=O)([O-])OP(=O)(O)OCC3OC(n4cnc5c(N)ncnc54)C(OP(=O)([O-])[O-])C3O)C(O)C2O)c1.[Na+].[Na+]. The summed E-state index contributed by atoms with van der Waals surface area (Å²) in [5.74, 6) is -0.892. The van der Waals surface area contributed by atoms with Crippen LogP contribution in [0, 0.1) is 0 Å². The van der Waals surface area contributed by atoms with Gasteiger partial charge in [0.2, 0.25) is 0 Å². The summed E-state index contributed by atoms with van der Waals surface area (Å²) in [6, 6.07) is 2.76. The summed E-state index contributed by atoms with van der Waals surface area (Å²) in [7, 11) is -17.1. The van der Waals surface area contributed by atoms with Crippen molar-refractivity contribution in [2.45, 2.75) is 49.1 Å². The van der Waals surface area contributed by atoms with Gasteiger partial charge < -0.3 is 69.4 Å². The first-order valence-electron chi connectivity index (χ1n) is 13.3. The van der Waals surface area contributed by atoms with E-state index in [4.69, 9.17) is 20.9 Å². The van der Waals surface area contributed by atoms with Crippen LogP contribution in [0.2, 0.25) is 0 Å². The van der Waals surface area contributed by atoms with Gasteiger partial charge in [0.25, 0.3) is 20.0 Å². The Morgan fingerprint density at radius 1 is 1.00 bits per heavy atom. The van der Waals surface area contributed by atoms with Gasteiger partial charge in [0.15, 0.2) is 36.2 Å². The number of pyridine rings is 1. The Bertz CT molecular complexity index is 1820. The predicted octanol–water partition coefficient (Wildman–Crippen LogP) is -10.8. The van der Waals surface area contributed by atoms with Gasteiger partial charge in [-0.05, 0) is 6.07 Å². The maximum atomic E-state index is 12.5. The number of rotatable bonds is 13. The van der Waals surface area contributed by atoms with E-state index in [1.54, 1.807) is 0 Å². The van der Waals surface area contributed by atoms with Crippen molar-refractivity contribution in [2.75, 3.05) is 18.9 Å². The minimum atomic E-state index is -5.78. The van der Waals surface area contributed by atoms with Crippen molar-refractivity contribution in [3.05, 3.63) is 42.7 Å². The molecule has 0 aromatic carbocycles. The zero-order valence-electron chi connectivity index (χ0n) is 25.8. The molecule has 10 unspecified atom stereocenters. The van der Waals surface area contributed by atoms with Gasteiger partial charge in [-0.3, -0.25) is 18.5 Å². The van der Waals surface area contributed by atoms with Crippen LogP contribution in [0.3, 0.4) is 0 Å². The maximum absolute atomic E-state index is 12.5. The van der Waals surface area contributed by atoms with Crippen LogP contribution in [0.4, 0.5) is 5.82 Å². The van der Waals surface area contributed by atoms with E-state index in [0.717, 1.165) is 17.2 Å². The first-order chi connectivity index (χ1) is 22.4. The first kappa shape index (κ1) is 43.5. The minimum Gasteiger partial charge on any atom is -0.790 e. The smallest absolute Gasteiger partial charge is 0.790 e. The first-order valence-corrected chi connectivity index (χ1v) is 17.7. The molecular formula is C21H26N7Na2O17P3. The molecule has 0 radical (unpaired) electrons. The molecule has 0 spiro atoms. The van der Waals surface area contributed by atoms with Crippen molar-refractivity contribution in [3.8, 4) is 0 Å². The Morgan fingerprint density at radius 2 is 1.66 bits per heavy atom. The molecule has 29 heteroatoms. The fourth-order valence-electron chi connectivity index (χ4n) is 4.81. The summed E-state index contributed by atoms with van der Waals surface area (Å²) in [6.45, 7) is -2.18. The topological polar surface area (TPSA) is 373 Å². The number of fused-ring (bicyclic) bond motifs is 1. The Morgan fingerprint density at radius 3 is 2.32 bits per heavy atom. The molecule has 3 aromatic heterocycles. The van der Waals surface area contributed by atoms with Gasteiger partial charge in [-0.1, -0.05) is 0 Å². The summed E-state index contributed by atoms with van der Waals surface area (Å²) < 4.78 is 67.2. The molecule has 5 heterocycles. The fourth-order valence-corrected chi connectivity index (χ4v) is 7.39. The fraction of sp³-hybridized carbons (Fsp3) is 0.476. The third-order valence-corrected chi connectivity index (χ3v) is 10.0. The Labute approximate surface area is 324 Å². The molecule has 50 heavy (non-hydrogen) atoms. The Kier molecular flexibility index (Phi) is 14.9. The standard InChI is InChI=1S/C21H28N7O17P3.2Na/c22-17-12-19(25-7-24-17)28(8-26-12)21-16(44-46(33,34)35)14(30)11(43-21)6-41-48(38,39)45-47(36,37)40-5-10-13(29)15(31)20(42-10)27-3-1-2-9(4-27)18(23)32;;/h1-4,7-8,10-11,13-16,20-21,29-31H,5-6H2,(H7-,22,23,24,25,32,33,34,35,36,37,38,39);;/q;2*+1/p-2. The molecule has 2 fully saturated rings. The van der Waals surface area contributed by atoms with Gasteiger partial charge in [0.05, 0.1) is 27.4 Å². The van der Waals surface area contributed by atoms with Crippen LogP contribution in [-0.4, -0.2) is 95.5 Å². The van der Waals surface area contributed by atoms with E-state index in [9.17, 15) is 53.4 Å². The molecule has 5 rings (SSSR count). The van der Waals surface area contributed by atoms with E-state index < -0.39 is 91.7 Å². The number of nitrogen functional groups attached to an aromatic ring is 1. The number of aliphatic hydroxyl groups excluding tert-OH is 3. The number of hydrogen-bond donors (Lipinski definition) is 6. The van der Waals surface area contributed by atoms with Gasteiger partial charge in [-0.25, -0.2) is 23.8 Å². The summed E-state index contributed by atoms with van der Waals surface area (Å²) in [4.78, 5) is 68.3. The minimum absolute atomic E-state index is 0. The average molecular weight is 787 g/mol. The zero-order valence-corrected chi connectivity index (χ0v) is 32.5. The van der Waals surface area contributed by atoms with Crippen molar-refractivity contribution in [1.29, 1.82) is 0 Å². The number of phosphoric acid groups is 3. The van der Waals surface area contributed by atoms with Crippen LogP contribution in [0.25, 0.3) is 11.2 Å². The van der Waals surface area contributed by atoms with Crippen LogP contribution in [-0.2, 0) is 41.1 Å². The van der Waals surface area contributed by atoms with E-state index in [2.05, 4.69) is 32.8 Å². The summed E-state index contributed by atoms with van der Waals surface area (Å²) >= 11 is 0. The molecule has 0 aliphatic carbocycles. The second-order valence-electron chi connectivity index (χ2n) is 10.2. The second kappa shape index (κ2) is 17.1. The van der Waals surface area contributed by atoms with Gasteiger partial charge in [0, 0.05) is 6.07 Å². The van der Waals surface area contributed by atoms with E-state index in [1.807, 2.05) is 0 Å². The monoisotopic (exact) mass is 787 g/mol. The second-order valence-corrected chi connectivity index (χ2v) is 14.3. The van der Waals surface area contributed by atoms with Crippen molar-refractivity contribution in [3.63, 3.8) is 0 Å². The Balaban J connectivity index is 0.00000338. The number of phosphoric ester groups is 3. The number of nitrogens with zero attached hydrogens (tertiary/aromatic N) is 5. The molecule has 0 saturated carbocycles. The number of anilines is 1. The van der Waals surface area contributed by atoms with Crippen LogP contribution >= 0.6 is 23.5 Å².